The second kappa shape index (κ2) is 5.50. The molecule has 3 unspecified atom stereocenters. The number of nitro benzene ring substituents is 1. The van der Waals surface area contributed by atoms with E-state index in [-0.39, 0.29) is 16.7 Å². The quantitative estimate of drug-likeness (QED) is 0.673. The number of hydrogen-bond acceptors (Lipinski definition) is 4. The Morgan fingerprint density at radius 2 is 2.00 bits per heavy atom. The molecule has 1 aromatic rings. The van der Waals surface area contributed by atoms with Gasteiger partial charge in [-0.25, -0.2) is 0 Å². The van der Waals surface area contributed by atoms with E-state index in [0.717, 1.165) is 44.5 Å². The number of likely N-dealkylation sites (tertiary alicyclic amines) is 1. The summed E-state index contributed by atoms with van der Waals surface area (Å²) in [6.45, 7) is 3.06. The summed E-state index contributed by atoms with van der Waals surface area (Å²) in [7, 11) is 0. The molecule has 1 N–H and O–H groups in total. The van der Waals surface area contributed by atoms with Crippen molar-refractivity contribution in [2.45, 2.75) is 25.4 Å². The summed E-state index contributed by atoms with van der Waals surface area (Å²) in [5, 5.41) is 20.5. The minimum absolute atomic E-state index is 0.107. The summed E-state index contributed by atoms with van der Waals surface area (Å²) in [4.78, 5) is 12.6. The summed E-state index contributed by atoms with van der Waals surface area (Å²) >= 11 is 0. The second-order valence-electron chi connectivity index (χ2n) is 6.00. The van der Waals surface area contributed by atoms with Crippen molar-refractivity contribution in [1.29, 1.82) is 0 Å². The third-order valence-electron chi connectivity index (χ3n) is 4.76. The zero-order valence-corrected chi connectivity index (χ0v) is 11.4. The number of benzene rings is 1. The fourth-order valence-corrected chi connectivity index (χ4v) is 3.58. The predicted molar refractivity (Wildman–Crippen MR) is 75.5 cm³/mol. The van der Waals surface area contributed by atoms with Gasteiger partial charge in [0.15, 0.2) is 0 Å². The average Bonchev–Trinajstić information content (AvgIpc) is 2.99. The Kier molecular flexibility index (Phi) is 3.72. The molecule has 1 aromatic carbocycles. The molecule has 3 rings (SSSR count). The minimum atomic E-state index is -0.368. The Balaban J connectivity index is 1.52. The molecule has 5 heteroatoms. The number of rotatable bonds is 4. The smallest absolute Gasteiger partial charge is 0.269 e. The fraction of sp³-hybridized carbons (Fsp3) is 0.600. The van der Waals surface area contributed by atoms with Gasteiger partial charge in [-0.3, -0.25) is 10.1 Å². The Bertz CT molecular complexity index is 488. The van der Waals surface area contributed by atoms with Crippen molar-refractivity contribution in [2.24, 2.45) is 11.8 Å². The van der Waals surface area contributed by atoms with Crippen LogP contribution in [0.3, 0.4) is 0 Å². The fourth-order valence-electron chi connectivity index (χ4n) is 3.58. The van der Waals surface area contributed by atoms with E-state index in [1.807, 2.05) is 12.1 Å². The Morgan fingerprint density at radius 1 is 1.25 bits per heavy atom. The molecule has 20 heavy (non-hydrogen) atoms. The molecule has 3 atom stereocenters. The van der Waals surface area contributed by atoms with Gasteiger partial charge in [-0.2, -0.15) is 0 Å². The first-order valence-electron chi connectivity index (χ1n) is 7.27. The van der Waals surface area contributed by atoms with Crippen LogP contribution < -0.4 is 0 Å². The van der Waals surface area contributed by atoms with E-state index < -0.39 is 0 Å². The van der Waals surface area contributed by atoms with Gasteiger partial charge in [0.1, 0.15) is 0 Å². The van der Waals surface area contributed by atoms with Crippen molar-refractivity contribution in [1.82, 2.24) is 4.90 Å². The number of hydrogen-bond donors (Lipinski definition) is 1. The van der Waals surface area contributed by atoms with Gasteiger partial charge in [0.2, 0.25) is 0 Å². The van der Waals surface area contributed by atoms with Crippen LogP contribution in [0.4, 0.5) is 5.69 Å². The minimum Gasteiger partial charge on any atom is -0.393 e. The van der Waals surface area contributed by atoms with Gasteiger partial charge < -0.3 is 10.0 Å². The van der Waals surface area contributed by atoms with Crippen molar-refractivity contribution in [3.05, 3.63) is 39.9 Å². The maximum atomic E-state index is 10.6. The zero-order valence-electron chi connectivity index (χ0n) is 11.4. The molecular weight excluding hydrogens is 256 g/mol. The van der Waals surface area contributed by atoms with Crippen LogP contribution >= 0.6 is 0 Å². The Hall–Kier alpha value is -1.46. The van der Waals surface area contributed by atoms with Crippen molar-refractivity contribution in [3.63, 3.8) is 0 Å². The first kappa shape index (κ1) is 13.5. The molecular formula is C15H20N2O3. The van der Waals surface area contributed by atoms with Gasteiger partial charge in [-0.15, -0.1) is 0 Å². The number of aliphatic hydroxyl groups excluding tert-OH is 1. The standard InChI is InChI=1S/C15H20N2O3/c18-15-6-3-12-9-16(10-14(12)15)8-7-11-1-4-13(5-2-11)17(19)20/h1-2,4-5,12,14-15,18H,3,6-10H2. The highest BCUT2D eigenvalue weighted by Gasteiger charge is 2.41. The molecule has 1 saturated heterocycles. The molecule has 2 aliphatic rings. The van der Waals surface area contributed by atoms with E-state index in [4.69, 9.17) is 0 Å². The first-order chi connectivity index (χ1) is 9.63. The highest BCUT2D eigenvalue weighted by Crippen LogP contribution is 2.37. The molecule has 1 aliphatic carbocycles. The lowest BCUT2D eigenvalue weighted by molar-refractivity contribution is -0.384. The van der Waals surface area contributed by atoms with Gasteiger partial charge >= 0.3 is 0 Å². The third kappa shape index (κ3) is 2.69. The van der Waals surface area contributed by atoms with Gasteiger partial charge in [0.25, 0.3) is 5.69 Å². The number of non-ortho nitro benzene ring substituents is 1. The van der Waals surface area contributed by atoms with E-state index in [1.54, 1.807) is 12.1 Å². The molecule has 1 heterocycles. The molecule has 0 aromatic heterocycles. The topological polar surface area (TPSA) is 66.6 Å². The predicted octanol–water partition coefficient (Wildman–Crippen LogP) is 1.84. The molecule has 0 spiro atoms. The van der Waals surface area contributed by atoms with Gasteiger partial charge in [-0.1, -0.05) is 12.1 Å². The lowest BCUT2D eigenvalue weighted by atomic mass is 10.00. The number of nitro groups is 1. The van der Waals surface area contributed by atoms with E-state index in [9.17, 15) is 15.2 Å². The van der Waals surface area contributed by atoms with Crippen LogP contribution in [0.15, 0.2) is 24.3 Å². The normalized spacial score (nSPS) is 29.6. The van der Waals surface area contributed by atoms with Gasteiger partial charge in [-0.05, 0) is 30.7 Å². The van der Waals surface area contributed by atoms with E-state index in [0.29, 0.717) is 11.8 Å². The molecule has 5 nitrogen and oxygen atoms in total. The number of aliphatic hydroxyl groups is 1. The molecule has 108 valence electrons. The first-order valence-corrected chi connectivity index (χ1v) is 7.27. The van der Waals surface area contributed by atoms with Crippen molar-refractivity contribution in [3.8, 4) is 0 Å². The molecule has 0 amide bonds. The van der Waals surface area contributed by atoms with Crippen molar-refractivity contribution < 1.29 is 10.0 Å². The van der Waals surface area contributed by atoms with E-state index in [1.165, 1.54) is 0 Å². The number of fused-ring (bicyclic) bond motifs is 1. The van der Waals surface area contributed by atoms with Crippen LogP contribution in [0.1, 0.15) is 18.4 Å². The largest absolute Gasteiger partial charge is 0.393 e. The maximum absolute atomic E-state index is 10.6. The van der Waals surface area contributed by atoms with Gasteiger partial charge in [0.05, 0.1) is 11.0 Å². The highest BCUT2D eigenvalue weighted by atomic mass is 16.6. The Morgan fingerprint density at radius 3 is 2.65 bits per heavy atom. The zero-order chi connectivity index (χ0) is 14.1. The SMILES string of the molecule is O=[N+]([O-])c1ccc(CCN2CC3CCC(O)C3C2)cc1. The highest BCUT2D eigenvalue weighted by molar-refractivity contribution is 5.32. The number of nitrogens with zero attached hydrogens (tertiary/aromatic N) is 2. The van der Waals surface area contributed by atoms with Crippen molar-refractivity contribution >= 4 is 5.69 Å². The molecule has 0 radical (unpaired) electrons. The second-order valence-corrected chi connectivity index (χ2v) is 6.00. The van der Waals surface area contributed by atoms with E-state index in [2.05, 4.69) is 4.90 Å². The van der Waals surface area contributed by atoms with Crippen molar-refractivity contribution in [2.75, 3.05) is 19.6 Å². The Labute approximate surface area is 118 Å². The average molecular weight is 276 g/mol. The maximum Gasteiger partial charge on any atom is 0.269 e. The van der Waals surface area contributed by atoms with Crippen LogP contribution in [0.2, 0.25) is 0 Å². The van der Waals surface area contributed by atoms with Crippen LogP contribution in [0.5, 0.6) is 0 Å². The van der Waals surface area contributed by atoms with E-state index >= 15 is 0 Å². The molecule has 1 saturated carbocycles. The summed E-state index contributed by atoms with van der Waals surface area (Å²) < 4.78 is 0. The third-order valence-corrected chi connectivity index (χ3v) is 4.76. The lowest BCUT2D eigenvalue weighted by Crippen LogP contribution is -2.26. The van der Waals surface area contributed by atoms with Crippen LogP contribution in [0, 0.1) is 22.0 Å². The molecule has 1 aliphatic heterocycles. The lowest BCUT2D eigenvalue weighted by Gasteiger charge is -2.17. The monoisotopic (exact) mass is 276 g/mol. The van der Waals surface area contributed by atoms with Crippen LogP contribution in [-0.2, 0) is 6.42 Å². The summed E-state index contributed by atoms with van der Waals surface area (Å²) in [6, 6.07) is 6.81. The molecule has 0 bridgehead atoms. The van der Waals surface area contributed by atoms with Gasteiger partial charge in [0, 0.05) is 37.7 Å². The summed E-state index contributed by atoms with van der Waals surface area (Å²) in [6.07, 6.45) is 2.92. The van der Waals surface area contributed by atoms with Crippen LogP contribution in [0.25, 0.3) is 0 Å². The molecule has 2 fully saturated rings. The summed E-state index contributed by atoms with van der Waals surface area (Å²) in [5.74, 6) is 1.13. The summed E-state index contributed by atoms with van der Waals surface area (Å²) in [5.41, 5.74) is 1.28. The van der Waals surface area contributed by atoms with Crippen LogP contribution in [-0.4, -0.2) is 40.7 Å².